The number of anilines is 1. The minimum Gasteiger partial charge on any atom is -0.495 e. The van der Waals surface area contributed by atoms with Crippen molar-refractivity contribution < 1.29 is 9.53 Å². The molecule has 5 nitrogen and oxygen atoms in total. The molecule has 3 aromatic rings. The third-order valence-corrected chi connectivity index (χ3v) is 4.15. The highest BCUT2D eigenvalue weighted by atomic mass is 16.5. The van der Waals surface area contributed by atoms with Gasteiger partial charge in [-0.3, -0.25) is 4.79 Å². The summed E-state index contributed by atoms with van der Waals surface area (Å²) in [6.07, 6.45) is 3.85. The SMILES string of the molecule is COc1ccccc1NCC(=O)N/N=C(/C=C\c1ccccc1)c1ccccc1. The number of hydrogen-bond acceptors (Lipinski definition) is 4. The smallest absolute Gasteiger partial charge is 0.259 e. The van der Waals surface area contributed by atoms with Crippen molar-refractivity contribution >= 4 is 23.4 Å². The summed E-state index contributed by atoms with van der Waals surface area (Å²) in [5, 5.41) is 7.38. The van der Waals surface area contributed by atoms with Crippen LogP contribution in [0.1, 0.15) is 11.1 Å². The third-order valence-electron chi connectivity index (χ3n) is 4.15. The van der Waals surface area contributed by atoms with Crippen LogP contribution < -0.4 is 15.5 Å². The van der Waals surface area contributed by atoms with Gasteiger partial charge in [-0.25, -0.2) is 5.43 Å². The van der Waals surface area contributed by atoms with Crippen LogP contribution in [-0.2, 0) is 4.79 Å². The number of carbonyl (C=O) groups is 1. The van der Waals surface area contributed by atoms with E-state index in [2.05, 4.69) is 15.8 Å². The predicted molar refractivity (Wildman–Crippen MR) is 118 cm³/mol. The molecule has 0 spiro atoms. The zero-order valence-electron chi connectivity index (χ0n) is 16.2. The van der Waals surface area contributed by atoms with Gasteiger partial charge in [0, 0.05) is 5.56 Å². The molecule has 0 aliphatic rings. The van der Waals surface area contributed by atoms with Crippen LogP contribution in [0.15, 0.2) is 96.1 Å². The number of hydrazone groups is 1. The van der Waals surface area contributed by atoms with Crippen molar-refractivity contribution in [3.8, 4) is 5.75 Å². The van der Waals surface area contributed by atoms with Gasteiger partial charge in [-0.05, 0) is 23.8 Å². The van der Waals surface area contributed by atoms with E-state index in [9.17, 15) is 4.79 Å². The average Bonchev–Trinajstić information content (AvgIpc) is 2.79. The minimum absolute atomic E-state index is 0.0777. The molecule has 0 atom stereocenters. The van der Waals surface area contributed by atoms with E-state index in [1.807, 2.05) is 97.1 Å². The Balaban J connectivity index is 1.69. The van der Waals surface area contributed by atoms with E-state index in [-0.39, 0.29) is 12.5 Å². The maximum atomic E-state index is 12.3. The van der Waals surface area contributed by atoms with E-state index >= 15 is 0 Å². The number of allylic oxidation sites excluding steroid dienone is 1. The molecule has 29 heavy (non-hydrogen) atoms. The van der Waals surface area contributed by atoms with Crippen molar-refractivity contribution in [2.75, 3.05) is 19.0 Å². The second-order valence-electron chi connectivity index (χ2n) is 6.20. The first-order chi connectivity index (χ1) is 14.3. The number of hydrogen-bond donors (Lipinski definition) is 2. The Morgan fingerprint density at radius 2 is 1.59 bits per heavy atom. The first-order valence-electron chi connectivity index (χ1n) is 9.28. The lowest BCUT2D eigenvalue weighted by atomic mass is 10.1. The highest BCUT2D eigenvalue weighted by molar-refractivity contribution is 6.11. The lowest BCUT2D eigenvalue weighted by Gasteiger charge is -2.10. The molecule has 3 aromatic carbocycles. The number of ether oxygens (including phenoxy) is 1. The van der Waals surface area contributed by atoms with Crippen LogP contribution in [0.5, 0.6) is 5.75 Å². The maximum absolute atomic E-state index is 12.3. The summed E-state index contributed by atoms with van der Waals surface area (Å²) in [4.78, 5) is 12.3. The van der Waals surface area contributed by atoms with Gasteiger partial charge in [0.25, 0.3) is 5.91 Å². The van der Waals surface area contributed by atoms with Crippen molar-refractivity contribution in [2.24, 2.45) is 5.10 Å². The van der Waals surface area contributed by atoms with Gasteiger partial charge in [0.05, 0.1) is 25.1 Å². The molecule has 3 rings (SSSR count). The van der Waals surface area contributed by atoms with Crippen molar-refractivity contribution in [2.45, 2.75) is 0 Å². The second-order valence-corrected chi connectivity index (χ2v) is 6.20. The number of benzene rings is 3. The normalized spacial score (nSPS) is 11.3. The van der Waals surface area contributed by atoms with Gasteiger partial charge < -0.3 is 10.1 Å². The fraction of sp³-hybridized carbons (Fsp3) is 0.0833. The molecule has 0 aromatic heterocycles. The van der Waals surface area contributed by atoms with Crippen molar-refractivity contribution in [1.82, 2.24) is 5.43 Å². The van der Waals surface area contributed by atoms with Crippen LogP contribution in [0.25, 0.3) is 6.08 Å². The Kier molecular flexibility index (Phi) is 7.18. The largest absolute Gasteiger partial charge is 0.495 e. The third kappa shape index (κ3) is 6.07. The Hall–Kier alpha value is -3.86. The maximum Gasteiger partial charge on any atom is 0.259 e. The summed E-state index contributed by atoms with van der Waals surface area (Å²) in [6, 6.07) is 27.1. The molecule has 0 saturated heterocycles. The molecule has 0 unspecified atom stereocenters. The van der Waals surface area contributed by atoms with E-state index < -0.39 is 0 Å². The van der Waals surface area contributed by atoms with Crippen molar-refractivity contribution in [3.05, 3.63) is 102 Å². The molecule has 5 heteroatoms. The van der Waals surface area contributed by atoms with Crippen LogP contribution in [0, 0.1) is 0 Å². The number of rotatable bonds is 8. The summed E-state index contributed by atoms with van der Waals surface area (Å²) in [7, 11) is 1.59. The molecule has 2 N–H and O–H groups in total. The first-order valence-corrected chi connectivity index (χ1v) is 9.28. The summed E-state index contributed by atoms with van der Waals surface area (Å²) >= 11 is 0. The highest BCUT2D eigenvalue weighted by Crippen LogP contribution is 2.22. The Bertz CT molecular complexity index is 983. The lowest BCUT2D eigenvalue weighted by molar-refractivity contribution is -0.119. The molecule has 0 fully saturated rings. The van der Waals surface area contributed by atoms with Crippen molar-refractivity contribution in [3.63, 3.8) is 0 Å². The summed E-state index contributed by atoms with van der Waals surface area (Å²) in [6.45, 7) is 0.0777. The molecule has 0 aliphatic carbocycles. The summed E-state index contributed by atoms with van der Waals surface area (Å²) in [5.41, 5.74) is 6.01. The molecular weight excluding hydrogens is 362 g/mol. The topological polar surface area (TPSA) is 62.7 Å². The zero-order chi connectivity index (χ0) is 20.3. The second kappa shape index (κ2) is 10.5. The van der Waals surface area contributed by atoms with Crippen LogP contribution in [0.4, 0.5) is 5.69 Å². The van der Waals surface area contributed by atoms with Crippen LogP contribution in [0.2, 0.25) is 0 Å². The lowest BCUT2D eigenvalue weighted by Crippen LogP contribution is -2.27. The molecule has 0 radical (unpaired) electrons. The summed E-state index contributed by atoms with van der Waals surface area (Å²) in [5.74, 6) is 0.428. The van der Waals surface area contributed by atoms with Gasteiger partial charge in [0.2, 0.25) is 0 Å². The fourth-order valence-corrected chi connectivity index (χ4v) is 2.67. The van der Waals surface area contributed by atoms with E-state index in [1.165, 1.54) is 0 Å². The van der Waals surface area contributed by atoms with Crippen LogP contribution in [0.3, 0.4) is 0 Å². The highest BCUT2D eigenvalue weighted by Gasteiger charge is 2.05. The monoisotopic (exact) mass is 385 g/mol. The number of para-hydroxylation sites is 2. The molecule has 0 aliphatic heterocycles. The van der Waals surface area contributed by atoms with E-state index in [4.69, 9.17) is 4.74 Å². The first kappa shape index (κ1) is 19.9. The van der Waals surface area contributed by atoms with E-state index in [1.54, 1.807) is 7.11 Å². The standard InChI is InChI=1S/C24H23N3O2/c1-29-23-15-9-8-14-22(23)25-18-24(28)27-26-21(20-12-6-3-7-13-20)17-16-19-10-4-2-5-11-19/h2-17,25H,18H2,1H3,(H,27,28)/b17-16-,26-21-. The Morgan fingerprint density at radius 1 is 0.931 bits per heavy atom. The number of carbonyl (C=O) groups excluding carboxylic acids is 1. The molecule has 0 bridgehead atoms. The molecular formula is C24H23N3O2. The van der Waals surface area contributed by atoms with E-state index in [0.29, 0.717) is 11.5 Å². The zero-order valence-corrected chi connectivity index (χ0v) is 16.2. The quantitative estimate of drug-likeness (QED) is 0.448. The predicted octanol–water partition coefficient (Wildman–Crippen LogP) is 4.34. The van der Waals surface area contributed by atoms with Crippen molar-refractivity contribution in [1.29, 1.82) is 0 Å². The van der Waals surface area contributed by atoms with Crippen LogP contribution >= 0.6 is 0 Å². The Labute approximate surface area is 170 Å². The molecule has 0 heterocycles. The summed E-state index contributed by atoms with van der Waals surface area (Å²) < 4.78 is 5.28. The average molecular weight is 385 g/mol. The molecule has 146 valence electrons. The van der Waals surface area contributed by atoms with Gasteiger partial charge in [0.1, 0.15) is 5.75 Å². The van der Waals surface area contributed by atoms with Gasteiger partial charge in [0.15, 0.2) is 0 Å². The number of nitrogens with zero attached hydrogens (tertiary/aromatic N) is 1. The van der Waals surface area contributed by atoms with E-state index in [0.717, 1.165) is 16.8 Å². The van der Waals surface area contributed by atoms with Gasteiger partial charge in [-0.2, -0.15) is 5.10 Å². The van der Waals surface area contributed by atoms with Gasteiger partial charge >= 0.3 is 0 Å². The number of methoxy groups -OCH3 is 1. The molecule has 0 saturated carbocycles. The molecule has 1 amide bonds. The minimum atomic E-state index is -0.252. The fourth-order valence-electron chi connectivity index (χ4n) is 2.67. The van der Waals surface area contributed by atoms with Gasteiger partial charge in [-0.15, -0.1) is 0 Å². The Morgan fingerprint density at radius 3 is 2.31 bits per heavy atom. The number of nitrogens with one attached hydrogen (secondary N) is 2. The van der Waals surface area contributed by atoms with Crippen LogP contribution in [-0.4, -0.2) is 25.3 Å². The number of amides is 1. The van der Waals surface area contributed by atoms with Gasteiger partial charge in [-0.1, -0.05) is 78.9 Å².